The zero-order valence-corrected chi connectivity index (χ0v) is 69.5. The molecule has 0 saturated carbocycles. The Kier molecular flexibility index (Phi) is 26.7. The Balaban J connectivity index is 0.957. The molecule has 2 saturated heterocycles. The lowest BCUT2D eigenvalue weighted by molar-refractivity contribution is -0.157. The van der Waals surface area contributed by atoms with Crippen molar-refractivity contribution in [1.29, 1.82) is 5.26 Å². The highest BCUT2D eigenvalue weighted by Gasteiger charge is 2.56. The molecule has 2 fully saturated rings. The number of likely N-dealkylation sites (tertiary alicyclic amines) is 2. The number of carbonyl (C=O) groups is 10. The van der Waals surface area contributed by atoms with Crippen LogP contribution in [-0.4, -0.2) is 210 Å². The van der Waals surface area contributed by atoms with E-state index in [-0.39, 0.29) is 76.9 Å². The molecule has 6 N–H and O–H groups in total. The smallest absolute Gasteiger partial charge is 0.410 e. The van der Waals surface area contributed by atoms with E-state index in [9.17, 15) is 24.4 Å². The molecule has 11 unspecified atom stereocenters. The normalized spacial score (nSPS) is 21.0. The maximum atomic E-state index is 16.1. The molecule has 2 aromatic heterocycles. The average Bonchev–Trinajstić information content (AvgIpc) is 1.58. The Morgan fingerprint density at radius 3 is 1.68 bits per heavy atom. The van der Waals surface area contributed by atoms with Gasteiger partial charge >= 0.3 is 12.1 Å². The van der Waals surface area contributed by atoms with Crippen LogP contribution in [0.2, 0.25) is 0 Å². The Morgan fingerprint density at radius 1 is 0.619 bits per heavy atom. The number of nitriles is 1. The number of carbonyl (C=O) groups excluding carboxylic acids is 10. The third-order valence-corrected chi connectivity index (χ3v) is 21.8. The predicted octanol–water partition coefficient (Wildman–Crippen LogP) is 6.94. The number of likely N-dealkylation sites (N-methyl/N-ethyl adjacent to an activating group) is 2. The van der Waals surface area contributed by atoms with Gasteiger partial charge < -0.3 is 60.6 Å². The molecule has 14 rings (SSSR count). The van der Waals surface area contributed by atoms with Gasteiger partial charge in [-0.05, 0) is 140 Å². The number of hydrogen-bond donors (Lipinski definition) is 6. The summed E-state index contributed by atoms with van der Waals surface area (Å²) in [4.78, 5) is 155. The first-order chi connectivity index (χ1) is 55.9. The maximum Gasteiger partial charge on any atom is 0.410 e. The van der Waals surface area contributed by atoms with Crippen molar-refractivity contribution in [2.24, 2.45) is 10.8 Å². The lowest BCUT2D eigenvalue weighted by atomic mass is 9.85. The molecule has 8 bridgehead atoms. The number of hydrogen-bond acceptors (Lipinski definition) is 20. The highest BCUT2D eigenvalue weighted by Crippen LogP contribution is 2.39. The van der Waals surface area contributed by atoms with Gasteiger partial charge in [0.15, 0.2) is 0 Å². The summed E-state index contributed by atoms with van der Waals surface area (Å²) in [6, 6.07) is 30.3. The number of nitrogens with zero attached hydrogens (tertiary/aromatic N) is 11. The number of nitrogens with one attached hydrogen (secondary N) is 6. The Morgan fingerprint density at radius 2 is 1.14 bits per heavy atom. The van der Waals surface area contributed by atoms with E-state index in [1.54, 1.807) is 143 Å². The highest BCUT2D eigenvalue weighted by atomic mass is 16.6. The minimum Gasteiger partial charge on any atom is -0.487 e. The van der Waals surface area contributed by atoms with Gasteiger partial charge in [-0.1, -0.05) is 161 Å². The Hall–Kier alpha value is -12.3. The standard InChI is InChI=1S/C87H107N17O14/c1-52(99(12)13)74(105)94-73(85(6,7)8)80(111)102-39-20-38-87(102)82(113)92-68(46-57-26-32-59-22-17-19-24-61(59)42-57)77(108)91-69(81(112)115-15)44-55-29-35-66(36-30-55)116-50-63-48-103(97-95-63)70-37-40-101(79(110)72(84(3,4)5)93-75(106)53(2)100(14)83(114)118-86(9,10)11)71(70)78(109)90-67(45-56-25-31-58-21-16-18-23-60(58)41-56)76(107)89-62(47-88)43-54-27-33-65(34-28-54)117-51-64-49-104(87)98-96-64/h16-19,21-36,41-42,48-49,52-53,62,67-73H,20,37-40,43-46,50-51H2,1-15H3,(H,89,107)(H,90,109)(H,91,108)(H,92,113)(H,93,106)(H,94,105). The highest BCUT2D eigenvalue weighted by molar-refractivity contribution is 5.99. The third kappa shape index (κ3) is 20.5. The van der Waals surface area contributed by atoms with Crippen LogP contribution in [0.25, 0.3) is 21.5 Å². The molecule has 6 aliphatic heterocycles. The molecule has 11 atom stereocenters. The number of aromatic nitrogens is 6. The van der Waals surface area contributed by atoms with Gasteiger partial charge in [0.25, 0.3) is 5.91 Å². The zero-order chi connectivity index (χ0) is 85.3. The Bertz CT molecular complexity index is 5060. The van der Waals surface area contributed by atoms with Crippen molar-refractivity contribution >= 4 is 80.9 Å². The van der Waals surface area contributed by atoms with Gasteiger partial charge in [-0.15, -0.1) is 10.2 Å². The fourth-order valence-electron chi connectivity index (χ4n) is 14.8. The summed E-state index contributed by atoms with van der Waals surface area (Å²) in [6.07, 6.45) is 2.37. The molecule has 9 amide bonds. The van der Waals surface area contributed by atoms with E-state index in [2.05, 4.69) is 58.6 Å². The van der Waals surface area contributed by atoms with Gasteiger partial charge in [0, 0.05) is 52.2 Å². The second kappa shape index (κ2) is 36.5. The fraction of sp³-hybridized carbons (Fsp3) is 0.460. The Labute approximate surface area is 686 Å². The van der Waals surface area contributed by atoms with E-state index in [0.717, 1.165) is 26.4 Å². The number of esters is 1. The van der Waals surface area contributed by atoms with Crippen molar-refractivity contribution < 1.29 is 66.9 Å². The maximum absolute atomic E-state index is 16.1. The SMILES string of the molecule is COC(=O)C1Cc2ccc(cc2)OCc2cn(nn2)C2CCN(C(=O)C(NC(=O)C(C)N(C)C(=O)OC(C)(C)C)C(C)(C)C)C2C(=O)NC(Cc2ccc3ccccc3c2)C(=O)NC(C#N)Cc2ccc(cc2)OCc2cn(nn2)C2(CCCN2C(=O)C(NC(=O)C(C)N(C)C)C(C)(C)C)C(=O)NC(Cc2ccc3ccccc3c2)C(=O)N1. The number of fused-ring (bicyclic) bond motifs is 2. The van der Waals surface area contributed by atoms with Crippen LogP contribution in [-0.2, 0) is 97.2 Å². The minimum absolute atomic E-state index is 0.0128. The largest absolute Gasteiger partial charge is 0.487 e. The molecule has 0 radical (unpaired) electrons. The number of benzene rings is 6. The minimum atomic E-state index is -2.04. The summed E-state index contributed by atoms with van der Waals surface area (Å²) >= 11 is 0. The number of amides is 9. The topological polar surface area (TPSA) is 378 Å². The predicted molar refractivity (Wildman–Crippen MR) is 437 cm³/mol. The molecule has 624 valence electrons. The molecule has 1 spiro atoms. The van der Waals surface area contributed by atoms with Gasteiger partial charge in [-0.2, -0.15) is 5.26 Å². The van der Waals surface area contributed by atoms with Gasteiger partial charge in [0.2, 0.25) is 47.0 Å². The fourth-order valence-corrected chi connectivity index (χ4v) is 14.8. The van der Waals surface area contributed by atoms with Crippen molar-refractivity contribution in [3.63, 3.8) is 0 Å². The molecule has 118 heavy (non-hydrogen) atoms. The van der Waals surface area contributed by atoms with E-state index >= 15 is 28.8 Å². The van der Waals surface area contributed by atoms with Gasteiger partial charge in [-0.3, -0.25) is 48.2 Å². The van der Waals surface area contributed by atoms with Crippen LogP contribution in [0.5, 0.6) is 11.5 Å². The molecule has 8 heterocycles. The van der Waals surface area contributed by atoms with Crippen molar-refractivity contribution in [3.05, 3.63) is 179 Å². The van der Waals surface area contributed by atoms with Crippen LogP contribution in [0, 0.1) is 22.2 Å². The van der Waals surface area contributed by atoms with E-state index < -0.39 is 142 Å². The van der Waals surface area contributed by atoms with Crippen LogP contribution in [0.3, 0.4) is 0 Å². The summed E-state index contributed by atoms with van der Waals surface area (Å²) in [7, 11) is 6.09. The molecular weight excluding hydrogens is 1510 g/mol. The van der Waals surface area contributed by atoms with E-state index in [0.29, 0.717) is 39.4 Å². The average molecular weight is 1610 g/mol. The molecule has 8 aromatic rings. The van der Waals surface area contributed by atoms with Crippen LogP contribution >= 0.6 is 0 Å². The van der Waals surface area contributed by atoms with Gasteiger partial charge in [0.1, 0.15) is 90.0 Å². The summed E-state index contributed by atoms with van der Waals surface area (Å²) in [5, 5.41) is 50.1. The first-order valence-electron chi connectivity index (χ1n) is 39.7. The summed E-state index contributed by atoms with van der Waals surface area (Å²) < 4.78 is 26.2. The van der Waals surface area contributed by atoms with Crippen molar-refractivity contribution in [1.82, 2.24) is 81.5 Å². The first kappa shape index (κ1) is 86.5. The summed E-state index contributed by atoms with van der Waals surface area (Å²) in [5.74, 6) is -5.53. The molecule has 6 aromatic carbocycles. The molecule has 0 aliphatic carbocycles. The van der Waals surface area contributed by atoms with Crippen LogP contribution in [0.15, 0.2) is 146 Å². The quantitative estimate of drug-likeness (QED) is 0.0636. The lowest BCUT2D eigenvalue weighted by Gasteiger charge is -2.42. The molecule has 6 aliphatic rings. The summed E-state index contributed by atoms with van der Waals surface area (Å²) in [6.45, 7) is 18.6. The molecule has 31 heteroatoms. The monoisotopic (exact) mass is 1610 g/mol. The van der Waals surface area contributed by atoms with Gasteiger partial charge in [-0.25, -0.2) is 19.0 Å². The number of ether oxygens (including phenoxy) is 4. The van der Waals surface area contributed by atoms with E-state index in [1.807, 2.05) is 84.9 Å². The van der Waals surface area contributed by atoms with Crippen molar-refractivity contribution in [2.75, 3.05) is 41.3 Å². The van der Waals surface area contributed by atoms with E-state index in [4.69, 9.17) is 18.9 Å². The number of methoxy groups -OCH3 is 1. The van der Waals surface area contributed by atoms with Crippen LogP contribution < -0.4 is 41.4 Å². The summed E-state index contributed by atoms with van der Waals surface area (Å²) in [5.41, 5.74) is -1.85. The zero-order valence-electron chi connectivity index (χ0n) is 69.5. The van der Waals surface area contributed by atoms with Crippen LogP contribution in [0.4, 0.5) is 4.79 Å². The second-order valence-corrected chi connectivity index (χ2v) is 34.0. The third-order valence-electron chi connectivity index (χ3n) is 21.8. The van der Waals surface area contributed by atoms with Crippen LogP contribution in [0.1, 0.15) is 135 Å². The van der Waals surface area contributed by atoms with E-state index in [1.165, 1.54) is 46.4 Å². The molecular formula is C87H107N17O14. The van der Waals surface area contributed by atoms with Crippen molar-refractivity contribution in [2.45, 2.75) is 206 Å². The van der Waals surface area contributed by atoms with Gasteiger partial charge in [0.05, 0.1) is 37.7 Å². The molecule has 31 nitrogen and oxygen atoms in total. The lowest BCUT2D eigenvalue weighted by Crippen LogP contribution is -2.66. The first-order valence-corrected chi connectivity index (χ1v) is 39.7. The second-order valence-electron chi connectivity index (χ2n) is 34.0. The van der Waals surface area contributed by atoms with Crippen molar-refractivity contribution in [3.8, 4) is 17.6 Å². The number of rotatable bonds is 13.